The Morgan fingerprint density at radius 1 is 1.55 bits per heavy atom. The Morgan fingerprint density at radius 2 is 2.20 bits per heavy atom. The van der Waals surface area contributed by atoms with Crippen LogP contribution in [-0.4, -0.2) is 52.9 Å². The van der Waals surface area contributed by atoms with E-state index in [0.717, 1.165) is 31.6 Å². The van der Waals surface area contributed by atoms with Crippen LogP contribution in [0.4, 0.5) is 5.13 Å². The summed E-state index contributed by atoms with van der Waals surface area (Å²) in [7, 11) is 1.91. The quantitative estimate of drug-likeness (QED) is 0.916. The zero-order chi connectivity index (χ0) is 14.7. The van der Waals surface area contributed by atoms with Crippen molar-refractivity contribution in [2.24, 2.45) is 0 Å². The maximum Gasteiger partial charge on any atom is 0.228 e. The molecular weight excluding hydrogens is 272 g/mol. The Balaban J connectivity index is 1.85. The lowest BCUT2D eigenvalue weighted by Gasteiger charge is -2.38. The van der Waals surface area contributed by atoms with Crippen LogP contribution < -0.4 is 5.73 Å². The average Bonchev–Trinajstić information content (AvgIpc) is 2.83. The summed E-state index contributed by atoms with van der Waals surface area (Å²) in [6.07, 6.45) is 2.47. The molecule has 2 N–H and O–H groups in total. The fourth-order valence-corrected chi connectivity index (χ4v) is 3.24. The highest BCUT2D eigenvalue weighted by Crippen LogP contribution is 2.19. The number of anilines is 1. The van der Waals surface area contributed by atoms with Crippen LogP contribution in [0, 0.1) is 0 Å². The SMILES string of the molecule is CC(C)N1CCC(N(C)C(=O)Cc2csc(N)n2)CC1. The Bertz CT molecular complexity index is 452. The third kappa shape index (κ3) is 3.70. The van der Waals surface area contributed by atoms with Crippen molar-refractivity contribution in [1.82, 2.24) is 14.8 Å². The van der Waals surface area contributed by atoms with Crippen LogP contribution in [0.3, 0.4) is 0 Å². The van der Waals surface area contributed by atoms with Gasteiger partial charge in [0.05, 0.1) is 12.1 Å². The lowest BCUT2D eigenvalue weighted by molar-refractivity contribution is -0.132. The molecule has 2 heterocycles. The third-order valence-corrected chi connectivity index (χ3v) is 4.80. The van der Waals surface area contributed by atoms with E-state index in [4.69, 9.17) is 5.73 Å². The molecule has 1 saturated heterocycles. The van der Waals surface area contributed by atoms with Gasteiger partial charge in [-0.3, -0.25) is 4.79 Å². The summed E-state index contributed by atoms with van der Waals surface area (Å²) in [5.41, 5.74) is 6.38. The second-order valence-electron chi connectivity index (χ2n) is 5.72. The first kappa shape index (κ1) is 15.3. The number of thiazole rings is 1. The summed E-state index contributed by atoms with van der Waals surface area (Å²) in [5, 5.41) is 2.39. The molecule has 6 heteroatoms. The standard InChI is InChI=1S/C14H24N4OS/c1-10(2)18-6-4-12(5-7-18)17(3)13(19)8-11-9-20-14(15)16-11/h9-10,12H,4-8H2,1-3H3,(H2,15,16). The van der Waals surface area contributed by atoms with E-state index in [0.29, 0.717) is 23.6 Å². The number of nitrogens with zero attached hydrogens (tertiary/aromatic N) is 3. The van der Waals surface area contributed by atoms with Crippen LogP contribution >= 0.6 is 11.3 Å². The van der Waals surface area contributed by atoms with E-state index in [1.54, 1.807) is 0 Å². The number of nitrogens with two attached hydrogens (primary N) is 1. The molecule has 112 valence electrons. The molecule has 0 atom stereocenters. The van der Waals surface area contributed by atoms with Gasteiger partial charge in [-0.1, -0.05) is 0 Å². The first-order valence-corrected chi connectivity index (χ1v) is 8.05. The van der Waals surface area contributed by atoms with Crippen molar-refractivity contribution in [2.45, 2.75) is 45.2 Å². The molecule has 2 rings (SSSR count). The predicted molar refractivity (Wildman–Crippen MR) is 82.7 cm³/mol. The summed E-state index contributed by atoms with van der Waals surface area (Å²) in [6, 6.07) is 0.948. The number of hydrogen-bond acceptors (Lipinski definition) is 5. The van der Waals surface area contributed by atoms with E-state index >= 15 is 0 Å². The minimum absolute atomic E-state index is 0.137. The summed E-state index contributed by atoms with van der Waals surface area (Å²) < 4.78 is 0. The van der Waals surface area contributed by atoms with Crippen LogP contribution in [0.2, 0.25) is 0 Å². The zero-order valence-corrected chi connectivity index (χ0v) is 13.3. The number of likely N-dealkylation sites (N-methyl/N-ethyl adjacent to an activating group) is 1. The van der Waals surface area contributed by atoms with E-state index in [9.17, 15) is 4.79 Å². The molecule has 1 aromatic heterocycles. The van der Waals surface area contributed by atoms with Gasteiger partial charge in [-0.15, -0.1) is 11.3 Å². The first-order valence-electron chi connectivity index (χ1n) is 7.17. The van der Waals surface area contributed by atoms with Gasteiger partial charge in [-0.25, -0.2) is 4.98 Å². The number of nitrogen functional groups attached to an aromatic ring is 1. The number of amides is 1. The van der Waals surface area contributed by atoms with Gasteiger partial charge in [-0.05, 0) is 26.7 Å². The van der Waals surface area contributed by atoms with Gasteiger partial charge >= 0.3 is 0 Å². The van der Waals surface area contributed by atoms with Crippen LogP contribution in [0.5, 0.6) is 0 Å². The number of aromatic nitrogens is 1. The van der Waals surface area contributed by atoms with Gasteiger partial charge in [0, 0.05) is 37.6 Å². The molecule has 1 aromatic rings. The fraction of sp³-hybridized carbons (Fsp3) is 0.714. The molecule has 0 unspecified atom stereocenters. The Labute approximate surface area is 124 Å². The number of carbonyl (C=O) groups is 1. The van der Waals surface area contributed by atoms with Crippen molar-refractivity contribution >= 4 is 22.4 Å². The van der Waals surface area contributed by atoms with E-state index in [1.165, 1.54) is 11.3 Å². The van der Waals surface area contributed by atoms with E-state index in [1.807, 2.05) is 17.3 Å². The summed E-state index contributed by atoms with van der Waals surface area (Å²) in [4.78, 5) is 20.8. The number of hydrogen-bond donors (Lipinski definition) is 1. The van der Waals surface area contributed by atoms with Crippen molar-refractivity contribution in [3.63, 3.8) is 0 Å². The van der Waals surface area contributed by atoms with Crippen LogP contribution in [0.15, 0.2) is 5.38 Å². The second-order valence-corrected chi connectivity index (χ2v) is 6.61. The van der Waals surface area contributed by atoms with Gasteiger partial charge < -0.3 is 15.5 Å². The molecule has 1 fully saturated rings. The van der Waals surface area contributed by atoms with E-state index < -0.39 is 0 Å². The molecule has 0 radical (unpaired) electrons. The molecule has 1 aliphatic rings. The molecular formula is C14H24N4OS. The fourth-order valence-electron chi connectivity index (χ4n) is 2.68. The van der Waals surface area contributed by atoms with E-state index in [2.05, 4.69) is 23.7 Å². The smallest absolute Gasteiger partial charge is 0.228 e. The van der Waals surface area contributed by atoms with Crippen LogP contribution in [0.1, 0.15) is 32.4 Å². The largest absolute Gasteiger partial charge is 0.375 e. The van der Waals surface area contributed by atoms with Crippen molar-refractivity contribution in [2.75, 3.05) is 25.9 Å². The molecule has 0 spiro atoms. The highest BCUT2D eigenvalue weighted by molar-refractivity contribution is 7.13. The first-order chi connectivity index (χ1) is 9.47. The van der Waals surface area contributed by atoms with E-state index in [-0.39, 0.29) is 5.91 Å². The van der Waals surface area contributed by atoms with Gasteiger partial charge in [0.15, 0.2) is 5.13 Å². The van der Waals surface area contributed by atoms with Crippen molar-refractivity contribution in [1.29, 1.82) is 0 Å². The molecule has 1 amide bonds. The Kier molecular flexibility index (Phi) is 4.99. The summed E-state index contributed by atoms with van der Waals surface area (Å²) >= 11 is 1.39. The molecule has 0 aliphatic carbocycles. The van der Waals surface area contributed by atoms with Crippen molar-refractivity contribution in [3.8, 4) is 0 Å². The number of piperidine rings is 1. The zero-order valence-electron chi connectivity index (χ0n) is 12.5. The topological polar surface area (TPSA) is 62.5 Å². The number of carbonyl (C=O) groups excluding carboxylic acids is 1. The lowest BCUT2D eigenvalue weighted by Crippen LogP contribution is -2.47. The normalized spacial score (nSPS) is 17.6. The maximum absolute atomic E-state index is 12.3. The lowest BCUT2D eigenvalue weighted by atomic mass is 10.0. The maximum atomic E-state index is 12.3. The highest BCUT2D eigenvalue weighted by atomic mass is 32.1. The van der Waals surface area contributed by atoms with Gasteiger partial charge in [-0.2, -0.15) is 0 Å². The summed E-state index contributed by atoms with van der Waals surface area (Å²) in [5.74, 6) is 0.137. The molecule has 0 bridgehead atoms. The minimum atomic E-state index is 0.137. The third-order valence-electron chi connectivity index (χ3n) is 4.07. The Morgan fingerprint density at radius 3 is 2.70 bits per heavy atom. The number of rotatable bonds is 4. The predicted octanol–water partition coefficient (Wildman–Crippen LogP) is 1.60. The molecule has 20 heavy (non-hydrogen) atoms. The molecule has 0 saturated carbocycles. The summed E-state index contributed by atoms with van der Waals surface area (Å²) in [6.45, 7) is 6.59. The van der Waals surface area contributed by atoms with Crippen molar-refractivity contribution in [3.05, 3.63) is 11.1 Å². The minimum Gasteiger partial charge on any atom is -0.375 e. The van der Waals surface area contributed by atoms with Crippen LogP contribution in [-0.2, 0) is 11.2 Å². The van der Waals surface area contributed by atoms with Gasteiger partial charge in [0.1, 0.15) is 0 Å². The molecule has 1 aliphatic heterocycles. The average molecular weight is 296 g/mol. The Hall–Kier alpha value is -1.14. The molecule has 5 nitrogen and oxygen atoms in total. The number of likely N-dealkylation sites (tertiary alicyclic amines) is 1. The monoisotopic (exact) mass is 296 g/mol. The van der Waals surface area contributed by atoms with Crippen molar-refractivity contribution < 1.29 is 4.79 Å². The van der Waals surface area contributed by atoms with Gasteiger partial charge in [0.2, 0.25) is 5.91 Å². The van der Waals surface area contributed by atoms with Crippen LogP contribution in [0.25, 0.3) is 0 Å². The molecule has 0 aromatic carbocycles. The van der Waals surface area contributed by atoms with Gasteiger partial charge in [0.25, 0.3) is 0 Å². The highest BCUT2D eigenvalue weighted by Gasteiger charge is 2.26. The second kappa shape index (κ2) is 6.54.